The zero-order chi connectivity index (χ0) is 20.8. The Hall–Kier alpha value is -3.67. The van der Waals surface area contributed by atoms with Crippen LogP contribution in [0.25, 0.3) is 32.1 Å². The van der Waals surface area contributed by atoms with Crippen LogP contribution in [-0.2, 0) is 0 Å². The predicted molar refractivity (Wildman–Crippen MR) is 118 cm³/mol. The van der Waals surface area contributed by atoms with Crippen molar-refractivity contribution in [3.8, 4) is 5.75 Å². The number of phenols is 1. The molecule has 0 spiro atoms. The third-order valence-corrected chi connectivity index (χ3v) is 5.94. The van der Waals surface area contributed by atoms with Crippen LogP contribution in [0.15, 0.2) is 59.7 Å². The first-order valence-electron chi connectivity index (χ1n) is 9.41. The Morgan fingerprint density at radius 2 is 2.03 bits per heavy atom. The monoisotopic (exact) mass is 417 g/mol. The molecule has 0 radical (unpaired) electrons. The van der Waals surface area contributed by atoms with Crippen molar-refractivity contribution in [2.45, 2.75) is 5.92 Å². The van der Waals surface area contributed by atoms with Crippen LogP contribution in [0.3, 0.4) is 0 Å². The Morgan fingerprint density at radius 3 is 2.80 bits per heavy atom. The maximum atomic E-state index is 13.4. The highest BCUT2D eigenvalue weighted by Crippen LogP contribution is 2.45. The minimum atomic E-state index is -0.208. The molecular formula is C22H16ClN5O2. The number of halogens is 1. The van der Waals surface area contributed by atoms with Gasteiger partial charge in [-0.15, -0.1) is 11.6 Å². The molecule has 1 amide bonds. The van der Waals surface area contributed by atoms with Crippen LogP contribution >= 0.6 is 11.6 Å². The van der Waals surface area contributed by atoms with Gasteiger partial charge in [0.25, 0.3) is 5.91 Å². The van der Waals surface area contributed by atoms with Crippen LogP contribution in [0.5, 0.6) is 5.75 Å². The number of benzene rings is 3. The summed E-state index contributed by atoms with van der Waals surface area (Å²) in [5, 5.41) is 16.6. The molecule has 1 aliphatic rings. The molecule has 0 saturated carbocycles. The van der Waals surface area contributed by atoms with Crippen LogP contribution < -0.4 is 4.90 Å². The average molecular weight is 418 g/mol. The molecule has 2 heterocycles. The van der Waals surface area contributed by atoms with Gasteiger partial charge in [0.2, 0.25) is 0 Å². The van der Waals surface area contributed by atoms with Crippen LogP contribution in [0, 0.1) is 0 Å². The van der Waals surface area contributed by atoms with Gasteiger partial charge in [-0.2, -0.15) is 0 Å². The molecule has 3 aromatic carbocycles. The van der Waals surface area contributed by atoms with E-state index in [2.05, 4.69) is 15.0 Å². The number of anilines is 1. The number of fused-ring (bicyclic) bond motifs is 4. The third kappa shape index (κ3) is 2.76. The lowest BCUT2D eigenvalue weighted by Crippen LogP contribution is -2.30. The van der Waals surface area contributed by atoms with Gasteiger partial charge in [0.05, 0.1) is 5.69 Å². The summed E-state index contributed by atoms with van der Waals surface area (Å²) in [6.07, 6.45) is 0. The van der Waals surface area contributed by atoms with Crippen molar-refractivity contribution in [2.24, 2.45) is 5.11 Å². The number of phenolic OH excluding ortho intramolecular Hbond substituents is 1. The van der Waals surface area contributed by atoms with Crippen LogP contribution in [0.4, 0.5) is 11.4 Å². The number of nitrogens with zero attached hydrogens (tertiary/aromatic N) is 4. The van der Waals surface area contributed by atoms with Crippen molar-refractivity contribution in [2.75, 3.05) is 17.3 Å². The number of azide groups is 1. The molecule has 8 heteroatoms. The van der Waals surface area contributed by atoms with E-state index in [0.717, 1.165) is 27.2 Å². The first-order valence-corrected chi connectivity index (χ1v) is 9.94. The highest BCUT2D eigenvalue weighted by Gasteiger charge is 2.35. The van der Waals surface area contributed by atoms with Crippen molar-refractivity contribution in [3.05, 3.63) is 76.3 Å². The fraction of sp³-hybridized carbons (Fsp3) is 0.136. The summed E-state index contributed by atoms with van der Waals surface area (Å²) < 4.78 is 0. The summed E-state index contributed by atoms with van der Waals surface area (Å²) in [7, 11) is 0. The lowest BCUT2D eigenvalue weighted by atomic mass is 9.95. The third-order valence-electron chi connectivity index (χ3n) is 5.57. The number of aromatic hydroxyl groups is 1. The molecule has 5 rings (SSSR count). The molecule has 1 aliphatic heterocycles. The molecule has 7 nitrogen and oxygen atoms in total. The molecule has 1 atom stereocenters. The fourth-order valence-corrected chi connectivity index (χ4v) is 4.49. The molecule has 0 aliphatic carbocycles. The number of hydrogen-bond acceptors (Lipinski definition) is 3. The van der Waals surface area contributed by atoms with Crippen molar-refractivity contribution < 1.29 is 9.90 Å². The van der Waals surface area contributed by atoms with Gasteiger partial charge in [0.1, 0.15) is 11.4 Å². The predicted octanol–water partition coefficient (Wildman–Crippen LogP) is 5.95. The lowest BCUT2D eigenvalue weighted by Gasteiger charge is -2.17. The van der Waals surface area contributed by atoms with Crippen molar-refractivity contribution in [1.82, 2.24) is 4.98 Å². The van der Waals surface area contributed by atoms with E-state index in [4.69, 9.17) is 17.1 Å². The molecule has 30 heavy (non-hydrogen) atoms. The Bertz CT molecular complexity index is 1370. The molecule has 0 bridgehead atoms. The number of rotatable bonds is 3. The number of H-pyrrole nitrogens is 1. The summed E-state index contributed by atoms with van der Waals surface area (Å²) in [6.45, 7) is 0.435. The van der Waals surface area contributed by atoms with Crippen molar-refractivity contribution in [3.63, 3.8) is 0 Å². The number of amides is 1. The Labute approximate surface area is 176 Å². The van der Waals surface area contributed by atoms with E-state index in [9.17, 15) is 9.90 Å². The smallest absolute Gasteiger partial charge is 0.274 e. The molecule has 4 aromatic rings. The second-order valence-electron chi connectivity index (χ2n) is 7.29. The zero-order valence-corrected chi connectivity index (χ0v) is 16.5. The quantitative estimate of drug-likeness (QED) is 0.186. The largest absolute Gasteiger partial charge is 0.507 e. The van der Waals surface area contributed by atoms with Gasteiger partial charge < -0.3 is 15.0 Å². The van der Waals surface area contributed by atoms with Gasteiger partial charge in [0.15, 0.2) is 0 Å². The van der Waals surface area contributed by atoms with Gasteiger partial charge in [-0.25, -0.2) is 0 Å². The van der Waals surface area contributed by atoms with Crippen molar-refractivity contribution in [1.29, 1.82) is 0 Å². The van der Waals surface area contributed by atoms with E-state index < -0.39 is 0 Å². The van der Waals surface area contributed by atoms with Gasteiger partial charge in [-0.1, -0.05) is 35.4 Å². The highest BCUT2D eigenvalue weighted by atomic mass is 35.5. The summed E-state index contributed by atoms with van der Waals surface area (Å²) in [6, 6.07) is 16.2. The molecule has 1 aromatic heterocycles. The average Bonchev–Trinajstić information content (AvgIpc) is 3.35. The Kier molecular flexibility index (Phi) is 4.28. The molecule has 0 fully saturated rings. The van der Waals surface area contributed by atoms with Crippen molar-refractivity contribution >= 4 is 50.6 Å². The Balaban J connectivity index is 1.61. The summed E-state index contributed by atoms with van der Waals surface area (Å²) in [5.74, 6) is 0.263. The van der Waals surface area contributed by atoms with Gasteiger partial charge >= 0.3 is 0 Å². The fourth-order valence-electron chi connectivity index (χ4n) is 4.24. The number of hydrogen-bond donors (Lipinski definition) is 2. The summed E-state index contributed by atoms with van der Waals surface area (Å²) >= 11 is 6.26. The number of aromatic amines is 1. The molecule has 148 valence electrons. The maximum Gasteiger partial charge on any atom is 0.274 e. The van der Waals surface area contributed by atoms with Crippen LogP contribution in [0.1, 0.15) is 22.0 Å². The molecule has 0 unspecified atom stereocenters. The van der Waals surface area contributed by atoms with E-state index in [1.807, 2.05) is 24.3 Å². The van der Waals surface area contributed by atoms with Gasteiger partial charge in [-0.3, -0.25) is 4.79 Å². The van der Waals surface area contributed by atoms with Gasteiger partial charge in [-0.05, 0) is 34.7 Å². The lowest BCUT2D eigenvalue weighted by molar-refractivity contribution is 0.0984. The number of aromatic nitrogens is 1. The van der Waals surface area contributed by atoms with E-state index in [0.29, 0.717) is 29.5 Å². The van der Waals surface area contributed by atoms with E-state index in [1.54, 1.807) is 35.2 Å². The topological polar surface area (TPSA) is 105 Å². The minimum absolute atomic E-state index is 0.0305. The minimum Gasteiger partial charge on any atom is -0.507 e. The first kappa shape index (κ1) is 18.4. The van der Waals surface area contributed by atoms with Crippen LogP contribution in [-0.4, -0.2) is 28.4 Å². The molecule has 0 saturated heterocycles. The Morgan fingerprint density at radius 1 is 1.23 bits per heavy atom. The zero-order valence-electron chi connectivity index (χ0n) is 15.7. The number of alkyl halides is 1. The van der Waals surface area contributed by atoms with Gasteiger partial charge in [0, 0.05) is 51.3 Å². The normalized spacial score (nSPS) is 15.4. The summed E-state index contributed by atoms with van der Waals surface area (Å²) in [5.41, 5.74) is 11.9. The standard InChI is InChI=1S/C22H16ClN5O2/c23-10-13-11-28(19-9-20(29)15-3-1-2-4-16(15)21(13)19)22(30)18-8-12-7-14(26-27-24)5-6-17(12)25-18/h1-9,13,25,29H,10-11H2/t13-/m1/s1. The van der Waals surface area contributed by atoms with Crippen LogP contribution in [0.2, 0.25) is 0 Å². The number of nitrogens with one attached hydrogen (secondary N) is 1. The second-order valence-corrected chi connectivity index (χ2v) is 7.59. The number of carbonyl (C=O) groups excluding carboxylic acids is 1. The number of carbonyl (C=O) groups is 1. The maximum absolute atomic E-state index is 13.4. The van der Waals surface area contributed by atoms with E-state index in [-0.39, 0.29) is 17.6 Å². The highest BCUT2D eigenvalue weighted by molar-refractivity contribution is 6.19. The molecular weight excluding hydrogens is 402 g/mol. The first-order chi connectivity index (χ1) is 14.6. The second kappa shape index (κ2) is 6.99. The van der Waals surface area contributed by atoms with E-state index in [1.165, 1.54) is 0 Å². The molecule has 2 N–H and O–H groups in total. The summed E-state index contributed by atoms with van der Waals surface area (Å²) in [4.78, 5) is 21.0. The SMILES string of the molecule is [N-]=[N+]=Nc1ccc2[nH]c(C(=O)N3C[C@@H](CCl)c4c3cc(O)c3ccccc43)cc2c1. The van der Waals surface area contributed by atoms with E-state index >= 15 is 0 Å².